The lowest BCUT2D eigenvalue weighted by Gasteiger charge is -2.33. The summed E-state index contributed by atoms with van der Waals surface area (Å²) in [4.78, 5) is 4.95. The number of thioether (sulfide) groups is 1. The molecule has 2 aliphatic rings. The van der Waals surface area contributed by atoms with Crippen LogP contribution in [0.15, 0.2) is 17.3 Å². The Bertz CT molecular complexity index is 467. The van der Waals surface area contributed by atoms with Crippen LogP contribution < -0.4 is 5.32 Å². The smallest absolute Gasteiger partial charge is 0.162 e. The second-order valence-electron chi connectivity index (χ2n) is 5.63. The third-order valence-electron chi connectivity index (χ3n) is 3.83. The molecule has 98 valence electrons. The zero-order valence-electron chi connectivity index (χ0n) is 11.0. The van der Waals surface area contributed by atoms with Gasteiger partial charge in [0, 0.05) is 25.1 Å². The Kier molecular flexibility index (Phi) is 3.09. The van der Waals surface area contributed by atoms with Gasteiger partial charge in [-0.1, -0.05) is 31.5 Å². The van der Waals surface area contributed by atoms with Crippen molar-refractivity contribution < 1.29 is 0 Å². The van der Waals surface area contributed by atoms with Crippen LogP contribution >= 0.6 is 11.8 Å². The SMILES string of the molecule is CC1CCCC2(CSC(Nc3ccn(C)n3)=N2)C1. The van der Waals surface area contributed by atoms with Crippen molar-refractivity contribution in [3.63, 3.8) is 0 Å². The Morgan fingerprint density at radius 2 is 2.44 bits per heavy atom. The molecule has 3 rings (SSSR count). The maximum Gasteiger partial charge on any atom is 0.162 e. The van der Waals surface area contributed by atoms with Crippen molar-refractivity contribution in [2.75, 3.05) is 11.1 Å². The van der Waals surface area contributed by atoms with E-state index >= 15 is 0 Å². The van der Waals surface area contributed by atoms with Crippen molar-refractivity contribution in [2.24, 2.45) is 18.0 Å². The lowest BCUT2D eigenvalue weighted by Crippen LogP contribution is -2.33. The molecule has 4 nitrogen and oxygen atoms in total. The largest absolute Gasteiger partial charge is 0.318 e. The van der Waals surface area contributed by atoms with Crippen LogP contribution in [0, 0.1) is 5.92 Å². The fourth-order valence-corrected chi connectivity index (χ4v) is 4.17. The van der Waals surface area contributed by atoms with E-state index < -0.39 is 0 Å². The van der Waals surface area contributed by atoms with Gasteiger partial charge < -0.3 is 5.32 Å². The molecule has 0 aromatic carbocycles. The number of rotatable bonds is 1. The topological polar surface area (TPSA) is 42.2 Å². The van der Waals surface area contributed by atoms with Crippen LogP contribution in [0.1, 0.15) is 32.6 Å². The van der Waals surface area contributed by atoms with E-state index in [1.165, 1.54) is 25.7 Å². The summed E-state index contributed by atoms with van der Waals surface area (Å²) in [6.45, 7) is 2.35. The fourth-order valence-electron chi connectivity index (χ4n) is 3.00. The fraction of sp³-hybridized carbons (Fsp3) is 0.692. The molecule has 1 aromatic heterocycles. The van der Waals surface area contributed by atoms with Crippen molar-refractivity contribution in [1.29, 1.82) is 0 Å². The number of anilines is 1. The summed E-state index contributed by atoms with van der Waals surface area (Å²) in [7, 11) is 1.93. The quantitative estimate of drug-likeness (QED) is 0.848. The van der Waals surface area contributed by atoms with Gasteiger partial charge in [0.1, 0.15) is 0 Å². The molecule has 0 radical (unpaired) electrons. The molecule has 18 heavy (non-hydrogen) atoms. The van der Waals surface area contributed by atoms with Gasteiger partial charge in [-0.05, 0) is 18.8 Å². The lowest BCUT2D eigenvalue weighted by molar-refractivity contribution is 0.266. The highest BCUT2D eigenvalue weighted by Gasteiger charge is 2.39. The normalized spacial score (nSPS) is 31.7. The highest BCUT2D eigenvalue weighted by molar-refractivity contribution is 8.14. The summed E-state index contributed by atoms with van der Waals surface area (Å²) in [6, 6.07) is 1.98. The van der Waals surface area contributed by atoms with Gasteiger partial charge in [0.05, 0.1) is 5.54 Å². The maximum absolute atomic E-state index is 4.95. The molecular weight excluding hydrogens is 244 g/mol. The van der Waals surface area contributed by atoms with Gasteiger partial charge in [-0.3, -0.25) is 9.67 Å². The van der Waals surface area contributed by atoms with E-state index in [-0.39, 0.29) is 5.54 Å². The van der Waals surface area contributed by atoms with E-state index in [9.17, 15) is 0 Å². The zero-order chi connectivity index (χ0) is 12.6. The minimum atomic E-state index is 0.208. The molecule has 1 saturated carbocycles. The second kappa shape index (κ2) is 4.61. The molecule has 1 aliphatic heterocycles. The Labute approximate surface area is 112 Å². The van der Waals surface area contributed by atoms with Crippen LogP contribution in [0.5, 0.6) is 0 Å². The van der Waals surface area contributed by atoms with E-state index in [1.54, 1.807) is 4.68 Å². The summed E-state index contributed by atoms with van der Waals surface area (Å²) >= 11 is 1.84. The van der Waals surface area contributed by atoms with Crippen LogP contribution in [0.4, 0.5) is 5.82 Å². The monoisotopic (exact) mass is 264 g/mol. The third-order valence-corrected chi connectivity index (χ3v) is 4.98. The van der Waals surface area contributed by atoms with Crippen LogP contribution in [0.2, 0.25) is 0 Å². The predicted molar refractivity (Wildman–Crippen MR) is 77.1 cm³/mol. The lowest BCUT2D eigenvalue weighted by atomic mass is 9.78. The summed E-state index contributed by atoms with van der Waals surface area (Å²) < 4.78 is 1.81. The molecule has 0 amide bonds. The highest BCUT2D eigenvalue weighted by Crippen LogP contribution is 2.41. The van der Waals surface area contributed by atoms with Gasteiger partial charge in [0.15, 0.2) is 11.0 Å². The van der Waals surface area contributed by atoms with E-state index in [4.69, 9.17) is 4.99 Å². The first kappa shape index (κ1) is 12.1. The van der Waals surface area contributed by atoms with Crippen molar-refractivity contribution in [3.05, 3.63) is 12.3 Å². The molecule has 1 aromatic rings. The number of aryl methyl sites for hydroxylation is 1. The molecule has 1 fully saturated rings. The highest BCUT2D eigenvalue weighted by atomic mass is 32.2. The molecule has 2 heterocycles. The van der Waals surface area contributed by atoms with E-state index in [0.29, 0.717) is 0 Å². The first-order valence-corrected chi connectivity index (χ1v) is 7.63. The minimum absolute atomic E-state index is 0.208. The minimum Gasteiger partial charge on any atom is -0.318 e. The summed E-state index contributed by atoms with van der Waals surface area (Å²) in [6.07, 6.45) is 7.12. The Balaban J connectivity index is 1.71. The second-order valence-corrected chi connectivity index (χ2v) is 6.60. The van der Waals surface area contributed by atoms with Crippen LogP contribution in [0.3, 0.4) is 0 Å². The van der Waals surface area contributed by atoms with Gasteiger partial charge in [-0.25, -0.2) is 0 Å². The van der Waals surface area contributed by atoms with E-state index in [0.717, 1.165) is 22.7 Å². The summed E-state index contributed by atoms with van der Waals surface area (Å²) in [5.74, 6) is 2.84. The predicted octanol–water partition coefficient (Wildman–Crippen LogP) is 2.88. The van der Waals surface area contributed by atoms with E-state index in [1.807, 2.05) is 31.1 Å². The average Bonchev–Trinajstić information content (AvgIpc) is 2.87. The molecule has 0 bridgehead atoms. The van der Waals surface area contributed by atoms with Crippen LogP contribution in [-0.4, -0.2) is 26.2 Å². The molecule has 2 unspecified atom stereocenters. The summed E-state index contributed by atoms with van der Waals surface area (Å²) in [5, 5.41) is 8.71. The molecule has 5 heteroatoms. The van der Waals surface area contributed by atoms with Crippen molar-refractivity contribution in [1.82, 2.24) is 9.78 Å². The van der Waals surface area contributed by atoms with Crippen molar-refractivity contribution in [3.8, 4) is 0 Å². The van der Waals surface area contributed by atoms with Gasteiger partial charge in [-0.2, -0.15) is 5.10 Å². The first-order valence-electron chi connectivity index (χ1n) is 6.65. The third kappa shape index (κ3) is 2.41. The maximum atomic E-state index is 4.95. The average molecular weight is 264 g/mol. The molecule has 2 atom stereocenters. The summed E-state index contributed by atoms with van der Waals surface area (Å²) in [5.41, 5.74) is 0.208. The number of aromatic nitrogens is 2. The Morgan fingerprint density at radius 3 is 3.17 bits per heavy atom. The molecule has 0 saturated heterocycles. The Hall–Kier alpha value is -0.970. The van der Waals surface area contributed by atoms with Gasteiger partial charge in [0.25, 0.3) is 0 Å². The van der Waals surface area contributed by atoms with Gasteiger partial charge in [-0.15, -0.1) is 0 Å². The standard InChI is InChI=1S/C13H20N4S/c1-10-4-3-6-13(8-10)9-18-12(15-13)14-11-5-7-17(2)16-11/h5,7,10H,3-4,6,8-9H2,1-2H3,(H,14,15,16). The number of aliphatic imine (C=N–C) groups is 1. The molecule has 1 spiro atoms. The van der Waals surface area contributed by atoms with Crippen LogP contribution in [-0.2, 0) is 7.05 Å². The first-order chi connectivity index (χ1) is 8.65. The van der Waals surface area contributed by atoms with E-state index in [2.05, 4.69) is 17.3 Å². The molecule has 1 N–H and O–H groups in total. The molecule has 1 aliphatic carbocycles. The van der Waals surface area contributed by atoms with Crippen LogP contribution in [0.25, 0.3) is 0 Å². The van der Waals surface area contributed by atoms with Gasteiger partial charge >= 0.3 is 0 Å². The zero-order valence-corrected chi connectivity index (χ0v) is 11.8. The molecular formula is C13H20N4S. The number of nitrogens with zero attached hydrogens (tertiary/aromatic N) is 3. The number of hydrogen-bond donors (Lipinski definition) is 1. The number of hydrogen-bond acceptors (Lipinski definition) is 4. The van der Waals surface area contributed by atoms with Gasteiger partial charge in [0.2, 0.25) is 0 Å². The van der Waals surface area contributed by atoms with Crippen molar-refractivity contribution >= 4 is 22.7 Å². The van der Waals surface area contributed by atoms with Crippen molar-refractivity contribution in [2.45, 2.75) is 38.1 Å². The number of nitrogens with one attached hydrogen (secondary N) is 1. The Morgan fingerprint density at radius 1 is 1.56 bits per heavy atom. The number of amidine groups is 1.